The van der Waals surface area contributed by atoms with Crippen molar-refractivity contribution in [3.63, 3.8) is 0 Å². The second kappa shape index (κ2) is 40.4. The molecule has 0 saturated heterocycles. The summed E-state index contributed by atoms with van der Waals surface area (Å²) in [5, 5.41) is 107. The SMILES string of the molecule is CCCCCCCCCC[N+](C)(C)CCCNCc1c(O)cc2c(c1O)-c1cc(ccc1O)[C@H]1NC(=O)[C@@H]3NC(=O)C4NC(=O)[C@@H](Cc5ccc(c(Cl)c5)Oc5cc3cc(c5O)Oc3ccc(cc3Cl)[C@@H](O)[C@H](NC1=O)C(=O)N[C@@H]2C(=O)NCCC[N+](C)(C)CCCCCCCCCC)NC(=O)[C@H](N)c1ccc(O)c(c1)Oc1cc(O)cc4c1. The molecular formula is C89H113Cl2N11O17+2. The average Bonchev–Trinajstić information content (AvgIpc) is 0.754. The van der Waals surface area contributed by atoms with E-state index in [-0.39, 0.29) is 103 Å². The van der Waals surface area contributed by atoms with Crippen LogP contribution in [-0.4, -0.2) is 166 Å². The summed E-state index contributed by atoms with van der Waals surface area (Å²) >= 11 is 14.1. The van der Waals surface area contributed by atoms with Gasteiger partial charge >= 0.3 is 0 Å². The molecule has 28 nitrogen and oxygen atoms in total. The summed E-state index contributed by atoms with van der Waals surface area (Å²) < 4.78 is 20.3. The number of aromatic hydroxyl groups is 6. The smallest absolute Gasteiger partial charge is 0.248 e. The minimum atomic E-state index is -2.17. The Kier molecular flexibility index (Phi) is 30.3. The topological polar surface area (TPSA) is 411 Å². The summed E-state index contributed by atoms with van der Waals surface area (Å²) in [5.41, 5.74) is 5.20. The molecule has 17 bridgehead atoms. The Morgan fingerprint density at radius 1 is 0.471 bits per heavy atom. The molecule has 119 heavy (non-hydrogen) atoms. The summed E-state index contributed by atoms with van der Waals surface area (Å²) in [4.78, 5) is 109. The maximum absolute atomic E-state index is 16.3. The number of benzene rings is 7. The van der Waals surface area contributed by atoms with Gasteiger partial charge in [0.2, 0.25) is 47.1 Å². The molecule has 1 unspecified atom stereocenters. The van der Waals surface area contributed by atoms with E-state index in [0.29, 0.717) is 36.0 Å². The lowest BCUT2D eigenvalue weighted by Gasteiger charge is -2.32. The number of aliphatic hydroxyl groups excluding tert-OH is 1. The number of carbonyl (C=O) groups excluding carboxylic acids is 7. The van der Waals surface area contributed by atoms with E-state index in [2.05, 4.69) is 84.6 Å². The Morgan fingerprint density at radius 3 is 1.61 bits per heavy atom. The number of unbranched alkanes of at least 4 members (excludes halogenated alkanes) is 14. The summed E-state index contributed by atoms with van der Waals surface area (Å²) in [6.45, 7) is 8.03. The lowest BCUT2D eigenvalue weighted by atomic mass is 9.87. The second-order valence-electron chi connectivity index (χ2n) is 32.9. The van der Waals surface area contributed by atoms with Crippen LogP contribution >= 0.6 is 23.2 Å². The van der Waals surface area contributed by atoms with Gasteiger partial charge in [-0.2, -0.15) is 0 Å². The number of phenolic OH excluding ortho intramolecular Hbond substituents is 6. The summed E-state index contributed by atoms with van der Waals surface area (Å²) in [6, 6.07) is 9.04. The van der Waals surface area contributed by atoms with Gasteiger partial charge in [-0.1, -0.05) is 138 Å². The van der Waals surface area contributed by atoms with Crippen molar-refractivity contribution in [3.8, 4) is 80.1 Å². The minimum absolute atomic E-state index is 0.0730. The van der Waals surface area contributed by atoms with Gasteiger partial charge in [-0.25, -0.2) is 0 Å². The van der Waals surface area contributed by atoms with Crippen LogP contribution in [0.5, 0.6) is 69.0 Å². The fourth-order valence-electron chi connectivity index (χ4n) is 15.7. The highest BCUT2D eigenvalue weighted by molar-refractivity contribution is 6.32. The summed E-state index contributed by atoms with van der Waals surface area (Å²) in [6.07, 6.45) is 17.5. The van der Waals surface area contributed by atoms with Crippen LogP contribution in [-0.2, 0) is 46.5 Å². The zero-order valence-electron chi connectivity index (χ0n) is 68.3. The molecule has 6 heterocycles. The molecule has 0 fully saturated rings. The van der Waals surface area contributed by atoms with E-state index in [1.165, 1.54) is 149 Å². The van der Waals surface area contributed by atoms with Crippen LogP contribution in [0.15, 0.2) is 109 Å². The van der Waals surface area contributed by atoms with E-state index in [1.54, 1.807) is 0 Å². The van der Waals surface area contributed by atoms with E-state index in [9.17, 15) is 40.5 Å². The van der Waals surface area contributed by atoms with E-state index in [1.807, 2.05) is 0 Å². The normalized spacial score (nSPS) is 19.4. The fourth-order valence-corrected chi connectivity index (χ4v) is 16.2. The van der Waals surface area contributed by atoms with E-state index in [4.69, 9.17) is 43.1 Å². The molecule has 638 valence electrons. The number of nitrogens with zero attached hydrogens (tertiary/aromatic N) is 2. The monoisotopic (exact) mass is 1680 g/mol. The van der Waals surface area contributed by atoms with Crippen molar-refractivity contribution in [2.75, 3.05) is 67.5 Å². The maximum atomic E-state index is 16.3. The summed E-state index contributed by atoms with van der Waals surface area (Å²) in [7, 11) is 8.59. The quantitative estimate of drug-likeness (QED) is 0.0153. The highest BCUT2D eigenvalue weighted by atomic mass is 35.5. The van der Waals surface area contributed by atoms with Crippen LogP contribution in [0.4, 0.5) is 0 Å². The first kappa shape index (κ1) is 89.2. The molecule has 0 aliphatic carbocycles. The third kappa shape index (κ3) is 22.9. The lowest BCUT2D eigenvalue weighted by molar-refractivity contribution is -0.890. The van der Waals surface area contributed by atoms with Crippen LogP contribution in [0.3, 0.4) is 0 Å². The molecule has 6 aliphatic rings. The van der Waals surface area contributed by atoms with Gasteiger partial charge in [0.25, 0.3) is 0 Å². The van der Waals surface area contributed by atoms with Gasteiger partial charge in [0, 0.05) is 56.1 Å². The Balaban J connectivity index is 1.03. The molecule has 7 aromatic rings. The number of quaternary nitrogens is 2. The zero-order chi connectivity index (χ0) is 85.4. The number of rotatable bonds is 29. The van der Waals surface area contributed by atoms with Crippen molar-refractivity contribution in [3.05, 3.63) is 164 Å². The molecule has 8 atom stereocenters. The van der Waals surface area contributed by atoms with E-state index in [0.717, 1.165) is 86.6 Å². The van der Waals surface area contributed by atoms with Gasteiger partial charge in [0.05, 0.1) is 70.0 Å². The number of phenols is 6. The number of fused-ring (bicyclic) bond motifs is 14. The number of nitrogens with two attached hydrogens (primary N) is 1. The molecule has 13 rings (SSSR count). The average molecular weight is 1680 g/mol. The van der Waals surface area contributed by atoms with Crippen molar-refractivity contribution in [1.82, 2.24) is 42.5 Å². The van der Waals surface area contributed by atoms with Gasteiger partial charge in [0.1, 0.15) is 88.6 Å². The molecule has 7 amide bonds. The van der Waals surface area contributed by atoms with E-state index >= 15 is 28.8 Å². The van der Waals surface area contributed by atoms with Gasteiger partial charge in [0.15, 0.2) is 23.0 Å². The standard InChI is InChI=1S/C89H111Cl2N11O17/c1-7-9-11-13-15-17-19-21-35-101(3,4)37-23-33-93-50-61-67(106)49-60-73(81(61)108)59-43-53(27-29-65(59)104)75-86(113)100-79(89(116)99-78(60)85(112)94-34-24-38-102(5,6)36-22-20-18-16-14-12-10-8-2)80(107)54-28-32-69(63(91)44-54)119-72-47-56-46-71(82(72)109)118-68-31-25-51(39-62(68)90)40-64-83(110)96-76(87(114)98-77(56)88(115)97-75)55-41-57(103)48-58(42-55)117-70-45-52(26-30-66(70)105)74(92)84(111)95-64/h25-32,39,41-49,64,74-80,93,107H,7-24,33-38,40,50,92H2,1-6H3,(H11-2,94,95,96,97,98,99,100,103,104,105,106,108,109,110,111,112,113,114,115,116)/p+2/t64-,74-,75-,76?,77-,78+,79+,80-/m1/s1. The lowest BCUT2D eigenvalue weighted by Crippen LogP contribution is -2.56. The predicted molar refractivity (Wildman–Crippen MR) is 450 cm³/mol. The molecule has 6 aliphatic heterocycles. The van der Waals surface area contributed by atoms with Gasteiger partial charge in [-0.05, 0) is 143 Å². The van der Waals surface area contributed by atoms with Crippen LogP contribution in [0, 0.1) is 0 Å². The third-order valence-electron chi connectivity index (χ3n) is 22.6. The van der Waals surface area contributed by atoms with Crippen LogP contribution < -0.4 is 62.5 Å². The fraction of sp³-hybridized carbons (Fsp3) is 0.449. The Hall–Kier alpha value is -10.6. The first-order chi connectivity index (χ1) is 56.9. The van der Waals surface area contributed by atoms with Crippen molar-refractivity contribution >= 4 is 64.6 Å². The maximum Gasteiger partial charge on any atom is 0.248 e. The van der Waals surface area contributed by atoms with Gasteiger partial charge < -0.3 is 107 Å². The molecule has 17 N–H and O–H groups in total. The van der Waals surface area contributed by atoms with E-state index < -0.39 is 136 Å². The number of amides is 7. The first-order valence-corrected chi connectivity index (χ1v) is 42.1. The Morgan fingerprint density at radius 2 is 0.992 bits per heavy atom. The van der Waals surface area contributed by atoms with Crippen molar-refractivity contribution in [1.29, 1.82) is 0 Å². The van der Waals surface area contributed by atoms with Crippen molar-refractivity contribution in [2.24, 2.45) is 5.73 Å². The number of hydrogen-bond donors (Lipinski definition) is 16. The van der Waals surface area contributed by atoms with Crippen molar-refractivity contribution in [2.45, 2.75) is 191 Å². The number of nitrogens with one attached hydrogen (secondary N) is 8. The number of hydrogen-bond acceptors (Lipinski definition) is 19. The van der Waals surface area contributed by atoms with Crippen molar-refractivity contribution < 1.29 is 92.5 Å². The summed E-state index contributed by atoms with van der Waals surface area (Å²) in [5.74, 6) is -13.1. The number of carbonyl (C=O) groups is 7. The van der Waals surface area contributed by atoms with Gasteiger partial charge in [-0.15, -0.1) is 0 Å². The number of halogens is 2. The number of ether oxygens (including phenoxy) is 3. The first-order valence-electron chi connectivity index (χ1n) is 41.3. The molecule has 0 aromatic heterocycles. The Labute approximate surface area is 703 Å². The second-order valence-corrected chi connectivity index (χ2v) is 33.7. The highest BCUT2D eigenvalue weighted by Crippen LogP contribution is 2.50. The third-order valence-corrected chi connectivity index (χ3v) is 23.2. The largest absolute Gasteiger partial charge is 0.508 e. The van der Waals surface area contributed by atoms with Crippen LogP contribution in [0.25, 0.3) is 11.1 Å². The molecular weight excluding hydrogens is 1570 g/mol. The molecule has 7 aromatic carbocycles. The van der Waals surface area contributed by atoms with Crippen LogP contribution in [0.1, 0.15) is 210 Å². The molecule has 0 saturated carbocycles. The van der Waals surface area contributed by atoms with Gasteiger partial charge in [-0.3, -0.25) is 33.6 Å². The Bertz CT molecular complexity index is 4850. The predicted octanol–water partition coefficient (Wildman–Crippen LogP) is 12.3. The highest BCUT2D eigenvalue weighted by Gasteiger charge is 2.42. The zero-order valence-corrected chi connectivity index (χ0v) is 69.8. The molecule has 0 radical (unpaired) electrons. The molecule has 0 spiro atoms. The molecule has 30 heteroatoms. The number of aliphatic hydroxyl groups is 1. The van der Waals surface area contributed by atoms with Crippen LogP contribution in [0.2, 0.25) is 10.0 Å². The minimum Gasteiger partial charge on any atom is -0.508 e.